The van der Waals surface area contributed by atoms with E-state index in [0.717, 1.165) is 5.56 Å². The van der Waals surface area contributed by atoms with Gasteiger partial charge in [0.2, 0.25) is 12.4 Å². The van der Waals surface area contributed by atoms with E-state index in [1.54, 1.807) is 0 Å². The molecule has 2 rings (SSSR count). The molecule has 0 atom stereocenters. The molecule has 0 aliphatic rings. The van der Waals surface area contributed by atoms with Crippen LogP contribution in [0.2, 0.25) is 0 Å². The molecule has 0 radical (unpaired) electrons. The van der Waals surface area contributed by atoms with E-state index in [1.807, 2.05) is 30.3 Å². The highest BCUT2D eigenvalue weighted by Gasteiger charge is 2.02. The van der Waals surface area contributed by atoms with E-state index in [9.17, 15) is 4.79 Å². The van der Waals surface area contributed by atoms with Gasteiger partial charge in [0.15, 0.2) is 5.82 Å². The Kier molecular flexibility index (Phi) is 2.22. The highest BCUT2D eigenvalue weighted by Crippen LogP contribution is 2.14. The van der Waals surface area contributed by atoms with Crippen molar-refractivity contribution in [3.8, 4) is 11.4 Å². The maximum atomic E-state index is 10.1. The van der Waals surface area contributed by atoms with E-state index in [4.69, 9.17) is 0 Å². The Balaban J connectivity index is 2.29. The fraction of sp³-hybridized carbons (Fsp3) is 0. The van der Waals surface area contributed by atoms with Gasteiger partial charge in [0.1, 0.15) is 0 Å². The van der Waals surface area contributed by atoms with Crippen molar-refractivity contribution in [2.75, 3.05) is 5.32 Å². The van der Waals surface area contributed by atoms with Gasteiger partial charge in [-0.2, -0.15) is 4.98 Å². The molecule has 0 spiro atoms. The fourth-order valence-electron chi connectivity index (χ4n) is 1.10. The van der Waals surface area contributed by atoms with Crippen molar-refractivity contribution in [2.24, 2.45) is 0 Å². The van der Waals surface area contributed by atoms with Crippen LogP contribution in [0, 0.1) is 0 Å². The smallest absolute Gasteiger partial charge is 0.248 e. The summed E-state index contributed by atoms with van der Waals surface area (Å²) in [5, 5.41) is 8.89. The number of H-pyrrole nitrogens is 1. The first-order valence-corrected chi connectivity index (χ1v) is 4.08. The van der Waals surface area contributed by atoms with Crippen LogP contribution in [0.25, 0.3) is 11.4 Å². The molecule has 2 aromatic rings. The standard InChI is InChI=1S/C9H8N4O/c14-6-10-9-11-8(12-13-9)7-4-2-1-3-5-7/h1-6H,(H2,10,11,12,13,14). The molecular weight excluding hydrogens is 180 g/mol. The number of nitrogens with zero attached hydrogens (tertiary/aromatic N) is 2. The molecule has 0 saturated heterocycles. The number of rotatable bonds is 3. The minimum atomic E-state index is 0.277. The molecule has 0 fully saturated rings. The third-order valence-corrected chi connectivity index (χ3v) is 1.72. The Morgan fingerprint density at radius 3 is 2.79 bits per heavy atom. The number of hydrogen-bond donors (Lipinski definition) is 2. The average Bonchev–Trinajstić information content (AvgIpc) is 2.68. The number of hydrogen-bond acceptors (Lipinski definition) is 3. The zero-order chi connectivity index (χ0) is 9.80. The fourth-order valence-corrected chi connectivity index (χ4v) is 1.10. The minimum Gasteiger partial charge on any atom is -0.296 e. The first-order valence-electron chi connectivity index (χ1n) is 4.08. The number of anilines is 1. The quantitative estimate of drug-likeness (QED) is 0.707. The van der Waals surface area contributed by atoms with Crippen molar-refractivity contribution in [1.29, 1.82) is 0 Å². The van der Waals surface area contributed by atoms with E-state index in [1.165, 1.54) is 0 Å². The van der Waals surface area contributed by atoms with E-state index >= 15 is 0 Å². The molecule has 0 bridgehead atoms. The molecule has 1 amide bonds. The number of carbonyl (C=O) groups is 1. The second-order valence-corrected chi connectivity index (χ2v) is 2.64. The number of carbonyl (C=O) groups excluding carboxylic acids is 1. The van der Waals surface area contributed by atoms with Gasteiger partial charge < -0.3 is 0 Å². The lowest BCUT2D eigenvalue weighted by molar-refractivity contribution is -0.105. The molecule has 70 valence electrons. The predicted molar refractivity (Wildman–Crippen MR) is 51.5 cm³/mol. The zero-order valence-electron chi connectivity index (χ0n) is 7.27. The van der Waals surface area contributed by atoms with Crippen molar-refractivity contribution in [3.05, 3.63) is 30.3 Å². The van der Waals surface area contributed by atoms with Gasteiger partial charge in [-0.05, 0) is 0 Å². The van der Waals surface area contributed by atoms with Crippen LogP contribution in [-0.4, -0.2) is 21.6 Å². The second-order valence-electron chi connectivity index (χ2n) is 2.64. The molecule has 0 unspecified atom stereocenters. The van der Waals surface area contributed by atoms with Gasteiger partial charge in [-0.3, -0.25) is 15.2 Å². The van der Waals surface area contributed by atoms with Gasteiger partial charge in [-0.25, -0.2) is 0 Å². The summed E-state index contributed by atoms with van der Waals surface area (Å²) in [5.41, 5.74) is 0.930. The molecule has 5 nitrogen and oxygen atoms in total. The third kappa shape index (κ3) is 1.61. The Morgan fingerprint density at radius 1 is 1.29 bits per heavy atom. The lowest BCUT2D eigenvalue weighted by atomic mass is 10.2. The maximum absolute atomic E-state index is 10.1. The van der Waals surface area contributed by atoms with Crippen LogP contribution in [-0.2, 0) is 4.79 Å². The average molecular weight is 188 g/mol. The Hall–Kier alpha value is -2.17. The van der Waals surface area contributed by atoms with Crippen molar-refractivity contribution in [3.63, 3.8) is 0 Å². The highest BCUT2D eigenvalue weighted by atomic mass is 16.1. The van der Waals surface area contributed by atoms with Crippen LogP contribution in [0.1, 0.15) is 0 Å². The lowest BCUT2D eigenvalue weighted by Crippen LogP contribution is -1.95. The van der Waals surface area contributed by atoms with Crippen LogP contribution in [0.15, 0.2) is 30.3 Å². The molecule has 0 aliphatic carbocycles. The first kappa shape index (κ1) is 8.43. The molecule has 1 heterocycles. The largest absolute Gasteiger partial charge is 0.296 e. The van der Waals surface area contributed by atoms with Gasteiger partial charge >= 0.3 is 0 Å². The molecule has 2 N–H and O–H groups in total. The molecule has 1 aromatic heterocycles. The van der Waals surface area contributed by atoms with Crippen molar-refractivity contribution >= 4 is 12.4 Å². The molecular formula is C9H8N4O. The van der Waals surface area contributed by atoms with Crippen LogP contribution in [0.3, 0.4) is 0 Å². The number of nitrogens with one attached hydrogen (secondary N) is 2. The molecule has 5 heteroatoms. The normalized spacial score (nSPS) is 9.71. The predicted octanol–water partition coefficient (Wildman–Crippen LogP) is 1.04. The summed E-state index contributed by atoms with van der Waals surface area (Å²) in [6, 6.07) is 9.55. The Bertz CT molecular complexity index is 423. The summed E-state index contributed by atoms with van der Waals surface area (Å²) in [6.45, 7) is 0. The van der Waals surface area contributed by atoms with Crippen molar-refractivity contribution in [1.82, 2.24) is 15.2 Å². The van der Waals surface area contributed by atoms with Crippen LogP contribution in [0.4, 0.5) is 5.95 Å². The number of aromatic amines is 1. The summed E-state index contributed by atoms with van der Waals surface area (Å²) >= 11 is 0. The van der Waals surface area contributed by atoms with Gasteiger partial charge in [-0.15, -0.1) is 5.10 Å². The number of aromatic nitrogens is 3. The molecule has 0 aliphatic heterocycles. The van der Waals surface area contributed by atoms with E-state index < -0.39 is 0 Å². The van der Waals surface area contributed by atoms with E-state index in [-0.39, 0.29) is 5.95 Å². The lowest BCUT2D eigenvalue weighted by Gasteiger charge is -1.92. The number of benzene rings is 1. The van der Waals surface area contributed by atoms with Gasteiger partial charge in [0.25, 0.3) is 0 Å². The SMILES string of the molecule is O=CNc1n[nH]c(-c2ccccc2)n1. The highest BCUT2D eigenvalue weighted by molar-refractivity contribution is 5.67. The third-order valence-electron chi connectivity index (χ3n) is 1.72. The van der Waals surface area contributed by atoms with Gasteiger partial charge in [0.05, 0.1) is 0 Å². The zero-order valence-corrected chi connectivity index (χ0v) is 7.27. The Labute approximate surface area is 80.2 Å². The van der Waals surface area contributed by atoms with Gasteiger partial charge in [0, 0.05) is 5.56 Å². The van der Waals surface area contributed by atoms with Crippen LogP contribution in [0.5, 0.6) is 0 Å². The number of amides is 1. The van der Waals surface area contributed by atoms with E-state index in [0.29, 0.717) is 12.2 Å². The minimum absolute atomic E-state index is 0.277. The topological polar surface area (TPSA) is 70.7 Å². The second kappa shape index (κ2) is 3.69. The van der Waals surface area contributed by atoms with Crippen molar-refractivity contribution < 1.29 is 4.79 Å². The first-order chi connectivity index (χ1) is 6.90. The summed E-state index contributed by atoms with van der Waals surface area (Å²) in [5.74, 6) is 0.911. The summed E-state index contributed by atoms with van der Waals surface area (Å²) in [7, 11) is 0. The van der Waals surface area contributed by atoms with Crippen LogP contribution < -0.4 is 5.32 Å². The van der Waals surface area contributed by atoms with Gasteiger partial charge in [-0.1, -0.05) is 30.3 Å². The Morgan fingerprint density at radius 2 is 2.07 bits per heavy atom. The molecule has 14 heavy (non-hydrogen) atoms. The molecule has 0 saturated carbocycles. The summed E-state index contributed by atoms with van der Waals surface area (Å²) in [4.78, 5) is 14.2. The maximum Gasteiger partial charge on any atom is 0.248 e. The summed E-state index contributed by atoms with van der Waals surface area (Å²) in [6.07, 6.45) is 0.540. The van der Waals surface area contributed by atoms with Crippen LogP contribution >= 0.6 is 0 Å². The molecule has 1 aromatic carbocycles. The monoisotopic (exact) mass is 188 g/mol. The van der Waals surface area contributed by atoms with E-state index in [2.05, 4.69) is 20.5 Å². The van der Waals surface area contributed by atoms with Crippen molar-refractivity contribution in [2.45, 2.75) is 0 Å². The summed E-state index contributed by atoms with van der Waals surface area (Å²) < 4.78 is 0.